The van der Waals surface area contributed by atoms with E-state index in [1.807, 2.05) is 10.3 Å². The van der Waals surface area contributed by atoms with Crippen LogP contribution in [-0.2, 0) is 19.1 Å². The third-order valence-corrected chi connectivity index (χ3v) is 7.14. The predicted molar refractivity (Wildman–Crippen MR) is 142 cm³/mol. The van der Waals surface area contributed by atoms with E-state index in [1.54, 1.807) is 17.0 Å². The third-order valence-electron chi connectivity index (χ3n) is 6.39. The van der Waals surface area contributed by atoms with E-state index < -0.39 is 18.3 Å². The minimum absolute atomic E-state index is 0.0407. The number of carbonyl (C=O) groups is 2. The number of nitrogens with zero attached hydrogens (tertiary/aromatic N) is 3. The second kappa shape index (κ2) is 15.2. The quantitative estimate of drug-likeness (QED) is 0.515. The van der Waals surface area contributed by atoms with Gasteiger partial charge in [-0.1, -0.05) is 0 Å². The van der Waals surface area contributed by atoms with E-state index in [9.17, 15) is 24.2 Å². The van der Waals surface area contributed by atoms with Gasteiger partial charge in [0, 0.05) is 51.2 Å². The second-order valence-corrected chi connectivity index (χ2v) is 10.2. The van der Waals surface area contributed by atoms with Crippen molar-refractivity contribution >= 4 is 28.3 Å². The molecule has 0 aliphatic carbocycles. The molecule has 2 heterocycles. The molecule has 0 radical (unpaired) electrons. The Labute approximate surface area is 226 Å². The van der Waals surface area contributed by atoms with Gasteiger partial charge in [0.2, 0.25) is 11.8 Å². The Bertz CT molecular complexity index is 1020. The van der Waals surface area contributed by atoms with E-state index in [0.717, 1.165) is 18.4 Å². The molecule has 1 saturated heterocycles. The van der Waals surface area contributed by atoms with Crippen LogP contribution < -0.4 is 5.32 Å². The molecule has 1 aliphatic rings. The van der Waals surface area contributed by atoms with Gasteiger partial charge in [-0.2, -0.15) is 0 Å². The molecule has 10 nitrogen and oxygen atoms in total. The lowest BCUT2D eigenvalue weighted by atomic mass is 10.1. The van der Waals surface area contributed by atoms with Crippen LogP contribution >= 0.6 is 11.3 Å². The van der Waals surface area contributed by atoms with Crippen molar-refractivity contribution < 1.29 is 33.7 Å². The van der Waals surface area contributed by atoms with Crippen molar-refractivity contribution in [2.24, 2.45) is 0 Å². The zero-order valence-electron chi connectivity index (χ0n) is 21.8. The van der Waals surface area contributed by atoms with Crippen molar-refractivity contribution in [2.45, 2.75) is 44.5 Å². The standard InChI is InChI=1S/C26H37FN4O6S/c1-18(32)31-12-5-11-30(10-3-4-13-37-16-22(33)25(35)23(14-31)36-2)15-24(34)29-26-28-21(17-38-26)19-6-8-20(27)9-7-19/h6-9,17,22-23,25,33,35H,3-5,10-16H2,1-2H3,(H,28,29,34)/t22-,23-,25-/m0/s1. The van der Waals surface area contributed by atoms with E-state index in [0.29, 0.717) is 43.5 Å². The Morgan fingerprint density at radius 3 is 2.63 bits per heavy atom. The maximum absolute atomic E-state index is 13.2. The molecule has 12 heteroatoms. The normalized spacial score (nSPS) is 22.9. The number of amides is 2. The summed E-state index contributed by atoms with van der Waals surface area (Å²) in [4.78, 5) is 33.1. The largest absolute Gasteiger partial charge is 0.388 e. The number of halogens is 1. The molecule has 210 valence electrons. The fourth-order valence-corrected chi connectivity index (χ4v) is 4.94. The highest BCUT2D eigenvalue weighted by Gasteiger charge is 2.29. The van der Waals surface area contributed by atoms with Gasteiger partial charge in [0.15, 0.2) is 5.13 Å². The Kier molecular flexibility index (Phi) is 12.0. The lowest BCUT2D eigenvalue weighted by Gasteiger charge is -2.31. The van der Waals surface area contributed by atoms with Crippen molar-refractivity contribution in [3.63, 3.8) is 0 Å². The van der Waals surface area contributed by atoms with Gasteiger partial charge in [-0.05, 0) is 50.1 Å². The number of anilines is 1. The molecule has 1 aromatic carbocycles. The van der Waals surface area contributed by atoms with Crippen molar-refractivity contribution in [2.75, 3.05) is 58.4 Å². The first-order valence-corrected chi connectivity index (χ1v) is 13.6. The van der Waals surface area contributed by atoms with Gasteiger partial charge in [0.1, 0.15) is 24.1 Å². The summed E-state index contributed by atoms with van der Waals surface area (Å²) in [5, 5.41) is 25.9. The number of methoxy groups -OCH3 is 1. The molecule has 1 fully saturated rings. The molecule has 0 bridgehead atoms. The van der Waals surface area contributed by atoms with Crippen LogP contribution in [0.4, 0.5) is 9.52 Å². The average molecular weight is 553 g/mol. The summed E-state index contributed by atoms with van der Waals surface area (Å²) in [7, 11) is 1.43. The van der Waals surface area contributed by atoms with Crippen molar-refractivity contribution in [1.29, 1.82) is 0 Å². The number of ether oxygens (including phenoxy) is 2. The first-order valence-electron chi connectivity index (χ1n) is 12.7. The second-order valence-electron chi connectivity index (χ2n) is 9.30. The maximum atomic E-state index is 13.2. The highest BCUT2D eigenvalue weighted by molar-refractivity contribution is 7.14. The molecule has 0 spiro atoms. The highest BCUT2D eigenvalue weighted by Crippen LogP contribution is 2.25. The van der Waals surface area contributed by atoms with Gasteiger partial charge in [-0.25, -0.2) is 9.37 Å². The number of rotatable bonds is 5. The number of benzene rings is 1. The number of aliphatic hydroxyl groups excluding tert-OH is 2. The van der Waals surface area contributed by atoms with Crippen LogP contribution in [0.15, 0.2) is 29.6 Å². The Morgan fingerprint density at radius 1 is 1.18 bits per heavy atom. The minimum Gasteiger partial charge on any atom is -0.388 e. The molecule has 3 N–H and O–H groups in total. The number of aliphatic hydroxyl groups is 2. The van der Waals surface area contributed by atoms with Gasteiger partial charge in [0.05, 0.1) is 18.8 Å². The number of hydrogen-bond acceptors (Lipinski definition) is 9. The Balaban J connectivity index is 1.60. The van der Waals surface area contributed by atoms with Crippen LogP contribution in [0, 0.1) is 5.82 Å². The Morgan fingerprint density at radius 2 is 1.92 bits per heavy atom. The molecule has 1 aromatic heterocycles. The van der Waals surface area contributed by atoms with Crippen LogP contribution in [0.1, 0.15) is 26.2 Å². The van der Waals surface area contributed by atoms with Crippen LogP contribution in [0.25, 0.3) is 11.3 Å². The summed E-state index contributed by atoms with van der Waals surface area (Å²) < 4.78 is 24.1. The number of aromatic nitrogens is 1. The molecule has 2 amide bonds. The zero-order chi connectivity index (χ0) is 27.5. The summed E-state index contributed by atoms with van der Waals surface area (Å²) in [6.07, 6.45) is -0.973. The SMILES string of the molecule is CO[C@H]1CN(C(C)=O)CCCN(CC(=O)Nc2nc(-c3ccc(F)cc3)cs2)CCCCOC[C@H](O)[C@@H]1O. The zero-order valence-corrected chi connectivity index (χ0v) is 22.7. The van der Waals surface area contributed by atoms with E-state index in [-0.39, 0.29) is 37.3 Å². The lowest BCUT2D eigenvalue weighted by molar-refractivity contribution is -0.136. The van der Waals surface area contributed by atoms with E-state index in [1.165, 1.54) is 37.5 Å². The molecular formula is C26H37FN4O6S. The van der Waals surface area contributed by atoms with E-state index >= 15 is 0 Å². The molecule has 0 saturated carbocycles. The van der Waals surface area contributed by atoms with Crippen molar-refractivity contribution in [1.82, 2.24) is 14.8 Å². The first kappa shape index (κ1) is 30.1. The summed E-state index contributed by atoms with van der Waals surface area (Å²) in [6, 6.07) is 6.02. The van der Waals surface area contributed by atoms with Gasteiger partial charge in [-0.15, -0.1) is 11.3 Å². The Hall–Kier alpha value is -2.48. The minimum atomic E-state index is -1.19. The van der Waals surface area contributed by atoms with Gasteiger partial charge in [0.25, 0.3) is 0 Å². The fourth-order valence-electron chi connectivity index (χ4n) is 4.21. The van der Waals surface area contributed by atoms with E-state index in [4.69, 9.17) is 9.47 Å². The molecular weight excluding hydrogens is 515 g/mol. The van der Waals surface area contributed by atoms with Crippen molar-refractivity contribution in [3.8, 4) is 11.3 Å². The molecule has 2 aromatic rings. The van der Waals surface area contributed by atoms with Gasteiger partial charge < -0.3 is 29.9 Å². The number of thiazole rings is 1. The van der Waals surface area contributed by atoms with Crippen LogP contribution in [-0.4, -0.2) is 108 Å². The molecule has 0 unspecified atom stereocenters. The lowest BCUT2D eigenvalue weighted by Crippen LogP contribution is -2.48. The van der Waals surface area contributed by atoms with Gasteiger partial charge in [-0.3, -0.25) is 14.5 Å². The molecule has 3 atom stereocenters. The van der Waals surface area contributed by atoms with Crippen LogP contribution in [0.2, 0.25) is 0 Å². The topological polar surface area (TPSA) is 124 Å². The fraction of sp³-hybridized carbons (Fsp3) is 0.577. The number of hydrogen-bond donors (Lipinski definition) is 3. The average Bonchev–Trinajstić information content (AvgIpc) is 3.35. The number of carbonyl (C=O) groups excluding carboxylic acids is 2. The smallest absolute Gasteiger partial charge is 0.240 e. The monoisotopic (exact) mass is 552 g/mol. The third kappa shape index (κ3) is 9.37. The van der Waals surface area contributed by atoms with Gasteiger partial charge >= 0.3 is 0 Å². The molecule has 3 rings (SSSR count). The van der Waals surface area contributed by atoms with Crippen LogP contribution in [0.5, 0.6) is 0 Å². The predicted octanol–water partition coefficient (Wildman–Crippen LogP) is 1.98. The van der Waals surface area contributed by atoms with E-state index in [2.05, 4.69) is 10.3 Å². The first-order chi connectivity index (χ1) is 18.3. The van der Waals surface area contributed by atoms with Crippen molar-refractivity contribution in [3.05, 3.63) is 35.5 Å². The summed E-state index contributed by atoms with van der Waals surface area (Å²) >= 11 is 1.30. The van der Waals surface area contributed by atoms with Crippen LogP contribution in [0.3, 0.4) is 0 Å². The summed E-state index contributed by atoms with van der Waals surface area (Å²) in [5.74, 6) is -0.690. The molecule has 1 aliphatic heterocycles. The highest BCUT2D eigenvalue weighted by atomic mass is 32.1. The summed E-state index contributed by atoms with van der Waals surface area (Å²) in [5.41, 5.74) is 1.43. The summed E-state index contributed by atoms with van der Waals surface area (Å²) in [6.45, 7) is 3.76. The number of nitrogens with one attached hydrogen (secondary N) is 1. The maximum Gasteiger partial charge on any atom is 0.240 e. The molecule has 38 heavy (non-hydrogen) atoms.